The second kappa shape index (κ2) is 4.43. The van der Waals surface area contributed by atoms with Crippen LogP contribution in [0.5, 0.6) is 0 Å². The van der Waals surface area contributed by atoms with E-state index in [0.717, 1.165) is 12.2 Å². The maximum Gasteiger partial charge on any atom is 0.317 e. The van der Waals surface area contributed by atoms with Gasteiger partial charge in [0.05, 0.1) is 0 Å². The van der Waals surface area contributed by atoms with Crippen molar-refractivity contribution in [1.29, 1.82) is 0 Å². The number of thioether (sulfide) groups is 1. The number of carbonyl (C=O) groups is 1. The van der Waals surface area contributed by atoms with Crippen molar-refractivity contribution in [3.05, 3.63) is 0 Å². The summed E-state index contributed by atoms with van der Waals surface area (Å²) in [4.78, 5) is 13.6. The third kappa shape index (κ3) is 3.40. The highest BCUT2D eigenvalue weighted by atomic mass is 32.2. The fourth-order valence-electron chi connectivity index (χ4n) is 1.40. The molecule has 1 aliphatic heterocycles. The summed E-state index contributed by atoms with van der Waals surface area (Å²) >= 11 is 1.92. The molecule has 0 aromatic carbocycles. The quantitative estimate of drug-likeness (QED) is 0.726. The summed E-state index contributed by atoms with van der Waals surface area (Å²) in [5.41, 5.74) is -0.142. The Bertz CT molecular complexity index is 207. The maximum atomic E-state index is 11.8. The third-order valence-electron chi connectivity index (χ3n) is 2.26. The molecular weight excluding hydrogens is 196 g/mol. The Morgan fingerprint density at radius 2 is 2.14 bits per heavy atom. The summed E-state index contributed by atoms with van der Waals surface area (Å²) in [6.07, 6.45) is 1.12. The number of hydrogen-bond acceptors (Lipinski definition) is 2. The zero-order valence-electron chi connectivity index (χ0n) is 9.46. The van der Waals surface area contributed by atoms with Gasteiger partial charge in [-0.05, 0) is 32.9 Å². The number of hydrogen-bond donors (Lipinski definition) is 1. The largest absolute Gasteiger partial charge is 0.333 e. The van der Waals surface area contributed by atoms with Crippen LogP contribution in [0, 0.1) is 0 Å². The average Bonchev–Trinajstić information content (AvgIpc) is 2.51. The van der Waals surface area contributed by atoms with Crippen LogP contribution in [0.1, 0.15) is 27.2 Å². The van der Waals surface area contributed by atoms with Crippen molar-refractivity contribution >= 4 is 17.8 Å². The summed E-state index contributed by atoms with van der Waals surface area (Å²) in [5, 5.41) is 2.97. The van der Waals surface area contributed by atoms with Gasteiger partial charge in [0.1, 0.15) is 0 Å². The molecule has 0 radical (unpaired) electrons. The second-order valence-electron chi connectivity index (χ2n) is 4.81. The molecule has 4 heteroatoms. The van der Waals surface area contributed by atoms with Crippen LogP contribution >= 0.6 is 11.8 Å². The highest BCUT2D eigenvalue weighted by Gasteiger charge is 2.25. The number of nitrogens with one attached hydrogen (secondary N) is 1. The fraction of sp³-hybridized carbons (Fsp3) is 0.900. The lowest BCUT2D eigenvalue weighted by atomic mass is 10.1. The smallest absolute Gasteiger partial charge is 0.317 e. The zero-order chi connectivity index (χ0) is 10.8. The van der Waals surface area contributed by atoms with E-state index in [-0.39, 0.29) is 11.6 Å². The Balaban J connectivity index is 2.43. The Morgan fingerprint density at radius 3 is 2.57 bits per heavy atom. The topological polar surface area (TPSA) is 32.3 Å². The molecule has 0 aromatic rings. The molecule has 0 saturated carbocycles. The van der Waals surface area contributed by atoms with Crippen LogP contribution in [-0.4, -0.2) is 41.1 Å². The molecule has 1 fully saturated rings. The minimum atomic E-state index is -0.142. The van der Waals surface area contributed by atoms with Crippen molar-refractivity contribution in [2.75, 3.05) is 18.6 Å². The number of rotatable bonds is 1. The number of amides is 2. The van der Waals surface area contributed by atoms with Crippen LogP contribution < -0.4 is 5.32 Å². The molecule has 0 spiro atoms. The molecule has 82 valence electrons. The minimum Gasteiger partial charge on any atom is -0.333 e. The van der Waals surface area contributed by atoms with E-state index in [1.54, 1.807) is 0 Å². The monoisotopic (exact) mass is 216 g/mol. The third-order valence-corrected chi connectivity index (χ3v) is 3.40. The van der Waals surface area contributed by atoms with Crippen LogP contribution in [-0.2, 0) is 0 Å². The molecule has 1 heterocycles. The highest BCUT2D eigenvalue weighted by molar-refractivity contribution is 7.99. The van der Waals surface area contributed by atoms with Crippen molar-refractivity contribution < 1.29 is 4.79 Å². The SMILES string of the molecule is CN(C(=O)NC(C)(C)C)C1CCSC1. The number of carbonyl (C=O) groups excluding carboxylic acids is 1. The first-order chi connectivity index (χ1) is 6.40. The summed E-state index contributed by atoms with van der Waals surface area (Å²) in [5.74, 6) is 2.26. The van der Waals surface area contributed by atoms with Crippen LogP contribution in [0.15, 0.2) is 0 Å². The molecule has 1 atom stereocenters. The highest BCUT2D eigenvalue weighted by Crippen LogP contribution is 2.21. The van der Waals surface area contributed by atoms with Gasteiger partial charge in [0.25, 0.3) is 0 Å². The van der Waals surface area contributed by atoms with Crippen LogP contribution in [0.25, 0.3) is 0 Å². The maximum absolute atomic E-state index is 11.8. The van der Waals surface area contributed by atoms with E-state index in [0.29, 0.717) is 6.04 Å². The Morgan fingerprint density at radius 1 is 1.50 bits per heavy atom. The van der Waals surface area contributed by atoms with E-state index in [1.807, 2.05) is 44.5 Å². The number of nitrogens with zero attached hydrogens (tertiary/aromatic N) is 1. The molecule has 3 nitrogen and oxygen atoms in total. The van der Waals surface area contributed by atoms with Gasteiger partial charge in [-0.3, -0.25) is 0 Å². The van der Waals surface area contributed by atoms with Gasteiger partial charge in [-0.1, -0.05) is 0 Å². The van der Waals surface area contributed by atoms with Gasteiger partial charge in [-0.15, -0.1) is 0 Å². The normalized spacial score (nSPS) is 22.1. The molecule has 1 aliphatic rings. The Kier molecular flexibility index (Phi) is 3.70. The van der Waals surface area contributed by atoms with Gasteiger partial charge < -0.3 is 10.2 Å². The standard InChI is InChI=1S/C10H20N2OS/c1-10(2,3)11-9(13)12(4)8-5-6-14-7-8/h8H,5-7H2,1-4H3,(H,11,13). The lowest BCUT2D eigenvalue weighted by molar-refractivity contribution is 0.186. The van der Waals surface area contributed by atoms with E-state index in [4.69, 9.17) is 0 Å². The molecule has 1 rings (SSSR count). The number of urea groups is 1. The predicted octanol–water partition coefficient (Wildman–Crippen LogP) is 1.93. The first-order valence-corrected chi connectivity index (χ1v) is 6.18. The predicted molar refractivity (Wildman–Crippen MR) is 61.8 cm³/mol. The first kappa shape index (κ1) is 11.7. The van der Waals surface area contributed by atoms with Crippen molar-refractivity contribution in [2.45, 2.75) is 38.8 Å². The molecule has 1 unspecified atom stereocenters. The van der Waals surface area contributed by atoms with Crippen molar-refractivity contribution in [3.63, 3.8) is 0 Å². The second-order valence-corrected chi connectivity index (χ2v) is 5.96. The van der Waals surface area contributed by atoms with Gasteiger partial charge in [0.15, 0.2) is 0 Å². The molecule has 1 saturated heterocycles. The van der Waals surface area contributed by atoms with Crippen molar-refractivity contribution in [1.82, 2.24) is 10.2 Å². The Hall–Kier alpha value is -0.380. The van der Waals surface area contributed by atoms with E-state index >= 15 is 0 Å². The summed E-state index contributed by atoms with van der Waals surface area (Å²) in [6.45, 7) is 6.01. The lowest BCUT2D eigenvalue weighted by Crippen LogP contribution is -2.50. The average molecular weight is 216 g/mol. The van der Waals surface area contributed by atoms with Gasteiger partial charge in [0, 0.05) is 24.4 Å². The molecule has 0 bridgehead atoms. The van der Waals surface area contributed by atoms with E-state index < -0.39 is 0 Å². The molecular formula is C10H20N2OS. The summed E-state index contributed by atoms with van der Waals surface area (Å²) in [6, 6.07) is 0.465. The molecule has 2 amide bonds. The van der Waals surface area contributed by atoms with Crippen LogP contribution in [0.2, 0.25) is 0 Å². The van der Waals surface area contributed by atoms with Gasteiger partial charge in [0.2, 0.25) is 0 Å². The van der Waals surface area contributed by atoms with Crippen LogP contribution in [0.4, 0.5) is 4.79 Å². The minimum absolute atomic E-state index is 0.0463. The molecule has 1 N–H and O–H groups in total. The zero-order valence-corrected chi connectivity index (χ0v) is 10.3. The van der Waals surface area contributed by atoms with Crippen molar-refractivity contribution in [2.24, 2.45) is 0 Å². The summed E-state index contributed by atoms with van der Waals surface area (Å²) in [7, 11) is 1.89. The Labute approximate surface area is 90.6 Å². The molecule has 0 aromatic heterocycles. The van der Waals surface area contributed by atoms with E-state index in [2.05, 4.69) is 5.32 Å². The van der Waals surface area contributed by atoms with Gasteiger partial charge in [-0.25, -0.2) is 4.79 Å². The van der Waals surface area contributed by atoms with Crippen LogP contribution in [0.3, 0.4) is 0 Å². The van der Waals surface area contributed by atoms with Crippen molar-refractivity contribution in [3.8, 4) is 0 Å². The summed E-state index contributed by atoms with van der Waals surface area (Å²) < 4.78 is 0. The van der Waals surface area contributed by atoms with Gasteiger partial charge in [-0.2, -0.15) is 11.8 Å². The lowest BCUT2D eigenvalue weighted by Gasteiger charge is -2.29. The molecule has 14 heavy (non-hydrogen) atoms. The van der Waals surface area contributed by atoms with E-state index in [9.17, 15) is 4.79 Å². The first-order valence-electron chi connectivity index (χ1n) is 5.03. The molecule has 0 aliphatic carbocycles. The van der Waals surface area contributed by atoms with E-state index in [1.165, 1.54) is 5.75 Å². The van der Waals surface area contributed by atoms with Gasteiger partial charge >= 0.3 is 6.03 Å². The fourth-order valence-corrected chi connectivity index (χ4v) is 2.67.